The number of hydrogen-bond acceptors (Lipinski definition) is 5. The Balaban J connectivity index is 1.84. The van der Waals surface area contributed by atoms with E-state index in [4.69, 9.17) is 21.7 Å². The third-order valence-corrected chi connectivity index (χ3v) is 5.82. The molecule has 0 spiro atoms. The maximum Gasteiger partial charge on any atom is 0.269 e. The zero-order valence-electron chi connectivity index (χ0n) is 17.8. The van der Waals surface area contributed by atoms with Gasteiger partial charge in [0.2, 0.25) is 0 Å². The lowest BCUT2D eigenvalue weighted by Gasteiger charge is -2.12. The zero-order valence-corrected chi connectivity index (χ0v) is 21.8. The quantitative estimate of drug-likeness (QED) is 0.214. The van der Waals surface area contributed by atoms with Gasteiger partial charge in [-0.2, -0.15) is 0 Å². The number of hydrazine groups is 1. The Labute approximate surface area is 209 Å². The standard InChI is InChI=1S/C22H25Br2N3O4S/c1-3-4-5-6-11-31-19-10-8-14(12-17(19)24)20(28)25-22(32)27-26-21(29)15-7-9-18(30-2)16(23)13-15/h7-10,12-13H,3-6,11H2,1-2H3,(H,26,29)(H2,25,27,28,32). The lowest BCUT2D eigenvalue weighted by atomic mass is 10.2. The highest BCUT2D eigenvalue weighted by molar-refractivity contribution is 9.10. The first-order valence-corrected chi connectivity index (χ1v) is 12.0. The number of benzene rings is 2. The molecule has 172 valence electrons. The van der Waals surface area contributed by atoms with E-state index >= 15 is 0 Å². The third-order valence-electron chi connectivity index (χ3n) is 4.38. The van der Waals surface area contributed by atoms with Gasteiger partial charge in [-0.1, -0.05) is 26.2 Å². The van der Waals surface area contributed by atoms with Crippen LogP contribution in [0, 0.1) is 0 Å². The van der Waals surface area contributed by atoms with Gasteiger partial charge in [0.1, 0.15) is 11.5 Å². The average molecular weight is 587 g/mol. The summed E-state index contributed by atoms with van der Waals surface area (Å²) in [4.78, 5) is 24.7. The van der Waals surface area contributed by atoms with Gasteiger partial charge >= 0.3 is 0 Å². The van der Waals surface area contributed by atoms with Crippen LogP contribution in [-0.2, 0) is 0 Å². The van der Waals surface area contributed by atoms with E-state index < -0.39 is 11.8 Å². The van der Waals surface area contributed by atoms with Crippen molar-refractivity contribution in [2.45, 2.75) is 32.6 Å². The van der Waals surface area contributed by atoms with E-state index in [0.29, 0.717) is 38.2 Å². The van der Waals surface area contributed by atoms with Crippen LogP contribution >= 0.6 is 44.1 Å². The van der Waals surface area contributed by atoms with Crippen molar-refractivity contribution in [3.63, 3.8) is 0 Å². The van der Waals surface area contributed by atoms with Gasteiger partial charge < -0.3 is 9.47 Å². The minimum Gasteiger partial charge on any atom is -0.496 e. The van der Waals surface area contributed by atoms with E-state index in [-0.39, 0.29) is 5.11 Å². The predicted molar refractivity (Wildman–Crippen MR) is 135 cm³/mol. The largest absolute Gasteiger partial charge is 0.496 e. The van der Waals surface area contributed by atoms with Gasteiger partial charge in [-0.05, 0) is 86.9 Å². The molecule has 10 heteroatoms. The number of amides is 2. The van der Waals surface area contributed by atoms with E-state index in [0.717, 1.165) is 12.8 Å². The van der Waals surface area contributed by atoms with Crippen molar-refractivity contribution in [1.29, 1.82) is 0 Å². The highest BCUT2D eigenvalue weighted by Gasteiger charge is 2.13. The summed E-state index contributed by atoms with van der Waals surface area (Å²) in [7, 11) is 1.54. The Morgan fingerprint density at radius 3 is 2.12 bits per heavy atom. The number of nitrogens with one attached hydrogen (secondary N) is 3. The SMILES string of the molecule is CCCCCCOc1ccc(C(=O)NC(=S)NNC(=O)c2ccc(OC)c(Br)c2)cc1Br. The monoisotopic (exact) mass is 585 g/mol. The summed E-state index contributed by atoms with van der Waals surface area (Å²) in [5.74, 6) is 0.445. The topological polar surface area (TPSA) is 88.7 Å². The molecular weight excluding hydrogens is 562 g/mol. The van der Waals surface area contributed by atoms with Crippen molar-refractivity contribution in [2.24, 2.45) is 0 Å². The van der Waals surface area contributed by atoms with Crippen LogP contribution in [0.5, 0.6) is 11.5 Å². The molecule has 32 heavy (non-hydrogen) atoms. The third kappa shape index (κ3) is 8.07. The van der Waals surface area contributed by atoms with Gasteiger partial charge in [0.15, 0.2) is 5.11 Å². The maximum absolute atomic E-state index is 12.4. The molecule has 0 fully saturated rings. The molecule has 2 amide bonds. The lowest BCUT2D eigenvalue weighted by molar-refractivity contribution is 0.0934. The van der Waals surface area contributed by atoms with E-state index in [2.05, 4.69) is 55.0 Å². The fraction of sp³-hybridized carbons (Fsp3) is 0.318. The van der Waals surface area contributed by atoms with Crippen molar-refractivity contribution in [3.05, 3.63) is 56.5 Å². The van der Waals surface area contributed by atoms with Gasteiger partial charge in [-0.15, -0.1) is 0 Å². The first kappa shape index (κ1) is 26.1. The summed E-state index contributed by atoms with van der Waals surface area (Å²) >= 11 is 11.9. The molecule has 0 aliphatic heterocycles. The van der Waals surface area contributed by atoms with Crippen LogP contribution in [0.25, 0.3) is 0 Å². The average Bonchev–Trinajstić information content (AvgIpc) is 2.78. The molecule has 2 aromatic carbocycles. The van der Waals surface area contributed by atoms with E-state index in [1.807, 2.05) is 0 Å². The number of methoxy groups -OCH3 is 1. The molecule has 3 N–H and O–H groups in total. The lowest BCUT2D eigenvalue weighted by Crippen LogP contribution is -2.48. The molecule has 0 bridgehead atoms. The van der Waals surface area contributed by atoms with Crippen LogP contribution in [0.2, 0.25) is 0 Å². The molecule has 0 aliphatic carbocycles. The molecule has 0 saturated carbocycles. The van der Waals surface area contributed by atoms with Crippen molar-refractivity contribution in [1.82, 2.24) is 16.2 Å². The Morgan fingerprint density at radius 2 is 1.53 bits per heavy atom. The predicted octanol–water partition coefficient (Wildman–Crippen LogP) is 5.13. The van der Waals surface area contributed by atoms with Crippen molar-refractivity contribution in [3.8, 4) is 11.5 Å². The molecule has 0 aromatic heterocycles. The molecule has 0 saturated heterocycles. The molecule has 2 rings (SSSR count). The van der Waals surface area contributed by atoms with Crippen LogP contribution in [0.15, 0.2) is 45.3 Å². The van der Waals surface area contributed by atoms with E-state index in [1.165, 1.54) is 20.0 Å². The second-order valence-corrected chi connectivity index (χ2v) is 8.88. The summed E-state index contributed by atoms with van der Waals surface area (Å²) in [5.41, 5.74) is 5.74. The van der Waals surface area contributed by atoms with Crippen LogP contribution in [0.3, 0.4) is 0 Å². The van der Waals surface area contributed by atoms with Gasteiger partial charge in [-0.3, -0.25) is 25.8 Å². The minimum absolute atomic E-state index is 0.0386. The van der Waals surface area contributed by atoms with E-state index in [1.54, 1.807) is 36.4 Å². The molecular formula is C22H25Br2N3O4S. The Morgan fingerprint density at radius 1 is 0.906 bits per heavy atom. The van der Waals surface area contributed by atoms with Crippen molar-refractivity contribution >= 4 is 61.0 Å². The van der Waals surface area contributed by atoms with Gasteiger partial charge in [-0.25, -0.2) is 0 Å². The summed E-state index contributed by atoms with van der Waals surface area (Å²) in [5, 5.41) is 2.48. The molecule has 7 nitrogen and oxygen atoms in total. The molecule has 0 heterocycles. The number of ether oxygens (including phenoxy) is 2. The number of rotatable bonds is 9. The van der Waals surface area contributed by atoms with E-state index in [9.17, 15) is 9.59 Å². The number of halogens is 2. The Bertz CT molecular complexity index is 972. The first-order chi connectivity index (χ1) is 15.3. The smallest absolute Gasteiger partial charge is 0.269 e. The minimum atomic E-state index is -0.423. The van der Waals surface area contributed by atoms with Gasteiger partial charge in [0.25, 0.3) is 11.8 Å². The highest BCUT2D eigenvalue weighted by atomic mass is 79.9. The highest BCUT2D eigenvalue weighted by Crippen LogP contribution is 2.27. The normalized spacial score (nSPS) is 10.2. The summed E-state index contributed by atoms with van der Waals surface area (Å²) < 4.78 is 12.2. The summed E-state index contributed by atoms with van der Waals surface area (Å²) in [6.45, 7) is 2.79. The van der Waals surface area contributed by atoms with Crippen LogP contribution < -0.4 is 25.6 Å². The number of unbranched alkanes of at least 4 members (excludes halogenated alkanes) is 3. The fourth-order valence-corrected chi connectivity index (χ4v) is 3.85. The van der Waals surface area contributed by atoms with Gasteiger partial charge in [0.05, 0.1) is 22.7 Å². The number of thiocarbonyl (C=S) groups is 1. The summed E-state index contributed by atoms with van der Waals surface area (Å²) in [6, 6.07) is 9.92. The summed E-state index contributed by atoms with van der Waals surface area (Å²) in [6.07, 6.45) is 4.48. The molecule has 0 atom stereocenters. The van der Waals surface area contributed by atoms with Crippen molar-refractivity contribution in [2.75, 3.05) is 13.7 Å². The zero-order chi connectivity index (χ0) is 23.5. The number of carbonyl (C=O) groups excluding carboxylic acids is 2. The second kappa shape index (κ2) is 13.4. The maximum atomic E-state index is 12.4. The Kier molecular flexibility index (Phi) is 10.9. The second-order valence-electron chi connectivity index (χ2n) is 6.77. The molecule has 0 radical (unpaired) electrons. The molecule has 0 aliphatic rings. The van der Waals surface area contributed by atoms with Crippen LogP contribution in [0.1, 0.15) is 53.3 Å². The van der Waals surface area contributed by atoms with Crippen molar-refractivity contribution < 1.29 is 19.1 Å². The van der Waals surface area contributed by atoms with Gasteiger partial charge in [0, 0.05) is 11.1 Å². The number of hydrogen-bond donors (Lipinski definition) is 3. The number of carbonyl (C=O) groups is 2. The molecule has 0 unspecified atom stereocenters. The molecule has 2 aromatic rings. The first-order valence-electron chi connectivity index (χ1n) is 10.0. The van der Waals surface area contributed by atoms with Crippen LogP contribution in [0.4, 0.5) is 0 Å². The van der Waals surface area contributed by atoms with Crippen LogP contribution in [-0.4, -0.2) is 30.6 Å². The Hall–Kier alpha value is -2.17. The fourth-order valence-electron chi connectivity index (χ4n) is 2.67.